The van der Waals surface area contributed by atoms with Crippen molar-refractivity contribution >= 4 is 5.97 Å². The van der Waals surface area contributed by atoms with Crippen LogP contribution in [0.15, 0.2) is 34.9 Å². The number of aromatic nitrogens is 1. The molecule has 2 aromatic rings. The molecule has 98 valence electrons. The van der Waals surface area contributed by atoms with Gasteiger partial charge in [-0.3, -0.25) is 0 Å². The van der Waals surface area contributed by atoms with Gasteiger partial charge in [-0.05, 0) is 12.6 Å². The fourth-order valence-electron chi connectivity index (χ4n) is 2.48. The fourth-order valence-corrected chi connectivity index (χ4v) is 2.48. The molecule has 0 bridgehead atoms. The Morgan fingerprint density at radius 1 is 1.42 bits per heavy atom. The first kappa shape index (κ1) is 11.9. The van der Waals surface area contributed by atoms with Crippen molar-refractivity contribution in [1.82, 2.24) is 10.1 Å². The molecule has 0 unspecified atom stereocenters. The highest BCUT2D eigenvalue weighted by molar-refractivity contribution is 5.86. The Kier molecular flexibility index (Phi) is 2.83. The van der Waals surface area contributed by atoms with E-state index in [0.29, 0.717) is 11.7 Å². The van der Waals surface area contributed by atoms with Gasteiger partial charge in [0.1, 0.15) is 0 Å². The van der Waals surface area contributed by atoms with Gasteiger partial charge in [0.15, 0.2) is 11.5 Å². The second-order valence-corrected chi connectivity index (χ2v) is 4.89. The van der Waals surface area contributed by atoms with Crippen LogP contribution in [0, 0.1) is 0 Å². The zero-order valence-electron chi connectivity index (χ0n) is 10.5. The van der Waals surface area contributed by atoms with E-state index in [0.717, 1.165) is 18.7 Å². The van der Waals surface area contributed by atoms with Crippen LogP contribution in [0.5, 0.6) is 0 Å². The molecule has 3 rings (SSSR count). The largest absolute Gasteiger partial charge is 0.476 e. The predicted octanol–water partition coefficient (Wildman–Crippen LogP) is 2.07. The molecular weight excluding hydrogens is 244 g/mol. The summed E-state index contributed by atoms with van der Waals surface area (Å²) in [5.41, 5.74) is 2.06. The molecule has 1 aliphatic rings. The van der Waals surface area contributed by atoms with E-state index in [9.17, 15) is 4.79 Å². The van der Waals surface area contributed by atoms with E-state index in [4.69, 9.17) is 9.63 Å². The molecule has 1 fully saturated rings. The third-order valence-electron chi connectivity index (χ3n) is 3.46. The van der Waals surface area contributed by atoms with E-state index in [1.807, 2.05) is 18.2 Å². The van der Waals surface area contributed by atoms with Gasteiger partial charge in [0.25, 0.3) is 0 Å². The fraction of sp³-hybridized carbons (Fsp3) is 0.286. The minimum atomic E-state index is -1.07. The Bertz CT molecular complexity index is 615. The van der Waals surface area contributed by atoms with E-state index >= 15 is 0 Å². The third-order valence-corrected chi connectivity index (χ3v) is 3.46. The molecule has 1 aromatic carbocycles. The molecule has 1 aromatic heterocycles. The van der Waals surface area contributed by atoms with Crippen molar-refractivity contribution in [3.05, 3.63) is 41.6 Å². The van der Waals surface area contributed by atoms with Gasteiger partial charge in [-0.1, -0.05) is 29.4 Å². The molecule has 19 heavy (non-hydrogen) atoms. The monoisotopic (exact) mass is 258 g/mol. The van der Waals surface area contributed by atoms with Gasteiger partial charge < -0.3 is 14.5 Å². The van der Waals surface area contributed by atoms with E-state index in [1.165, 1.54) is 11.6 Å². The summed E-state index contributed by atoms with van der Waals surface area (Å²) in [7, 11) is 2.08. The number of carboxylic acid groups (broad SMARTS) is 1. The summed E-state index contributed by atoms with van der Waals surface area (Å²) >= 11 is 0. The Hall–Kier alpha value is -2.14. The Morgan fingerprint density at radius 3 is 2.79 bits per heavy atom. The number of likely N-dealkylation sites (tertiary alicyclic amines) is 1. The van der Waals surface area contributed by atoms with Crippen LogP contribution >= 0.6 is 0 Å². The van der Waals surface area contributed by atoms with Crippen LogP contribution in [0.3, 0.4) is 0 Å². The van der Waals surface area contributed by atoms with Crippen LogP contribution in [0.1, 0.15) is 22.0 Å². The number of carboxylic acids is 1. The Balaban J connectivity index is 1.97. The van der Waals surface area contributed by atoms with Crippen LogP contribution in [-0.4, -0.2) is 41.3 Å². The average Bonchev–Trinajstić information content (AvgIpc) is 2.85. The number of nitrogens with zero attached hydrogens (tertiary/aromatic N) is 2. The van der Waals surface area contributed by atoms with Gasteiger partial charge in [0.2, 0.25) is 0 Å². The molecule has 0 spiro atoms. The van der Waals surface area contributed by atoms with Gasteiger partial charge >= 0.3 is 5.97 Å². The van der Waals surface area contributed by atoms with E-state index in [1.54, 1.807) is 0 Å². The first-order valence-electron chi connectivity index (χ1n) is 6.13. The average molecular weight is 258 g/mol. The van der Waals surface area contributed by atoms with Crippen molar-refractivity contribution < 1.29 is 14.4 Å². The number of carbonyl (C=O) groups is 1. The maximum atomic E-state index is 10.8. The SMILES string of the molecule is CN1CC(c2ccccc2-c2cc(C(=O)O)no2)C1. The number of aromatic carboxylic acids is 1. The maximum absolute atomic E-state index is 10.8. The summed E-state index contributed by atoms with van der Waals surface area (Å²) in [6, 6.07) is 9.40. The Morgan fingerprint density at radius 2 is 2.16 bits per heavy atom. The lowest BCUT2D eigenvalue weighted by atomic mass is 9.88. The summed E-state index contributed by atoms with van der Waals surface area (Å²) in [5.74, 6) is -0.0852. The second-order valence-electron chi connectivity index (χ2n) is 4.89. The van der Waals surface area contributed by atoms with Crippen molar-refractivity contribution in [2.75, 3.05) is 20.1 Å². The molecule has 5 heteroatoms. The first-order valence-corrected chi connectivity index (χ1v) is 6.13. The molecule has 0 atom stereocenters. The first-order chi connectivity index (χ1) is 9.15. The molecule has 1 N–H and O–H groups in total. The lowest BCUT2D eigenvalue weighted by Crippen LogP contribution is -2.41. The minimum Gasteiger partial charge on any atom is -0.476 e. The second kappa shape index (κ2) is 4.51. The molecule has 1 aliphatic heterocycles. The van der Waals surface area contributed by atoms with Crippen molar-refractivity contribution in [2.45, 2.75) is 5.92 Å². The van der Waals surface area contributed by atoms with Gasteiger partial charge in [-0.2, -0.15) is 0 Å². The number of hydrogen-bond donors (Lipinski definition) is 1. The number of hydrogen-bond acceptors (Lipinski definition) is 4. The highest BCUT2D eigenvalue weighted by Gasteiger charge is 2.28. The van der Waals surface area contributed by atoms with Gasteiger partial charge in [-0.25, -0.2) is 4.79 Å². The maximum Gasteiger partial charge on any atom is 0.358 e. The smallest absolute Gasteiger partial charge is 0.358 e. The van der Waals surface area contributed by atoms with Crippen molar-refractivity contribution in [3.8, 4) is 11.3 Å². The topological polar surface area (TPSA) is 66.6 Å². The van der Waals surface area contributed by atoms with Crippen LogP contribution in [0.4, 0.5) is 0 Å². The van der Waals surface area contributed by atoms with Crippen molar-refractivity contribution in [3.63, 3.8) is 0 Å². The molecule has 0 radical (unpaired) electrons. The standard InChI is InChI=1S/C14H14N2O3/c1-16-7-9(8-16)10-4-2-3-5-11(10)13-6-12(14(17)18)15-19-13/h2-6,9H,7-8H2,1H3,(H,17,18). The molecule has 0 aliphatic carbocycles. The predicted molar refractivity (Wildman–Crippen MR) is 69.1 cm³/mol. The summed E-state index contributed by atoms with van der Waals surface area (Å²) in [6.45, 7) is 2.02. The third kappa shape index (κ3) is 2.13. The van der Waals surface area contributed by atoms with E-state index < -0.39 is 5.97 Å². The highest BCUT2D eigenvalue weighted by Crippen LogP contribution is 2.34. The number of rotatable bonds is 3. The summed E-state index contributed by atoms with van der Waals surface area (Å²) < 4.78 is 5.15. The quantitative estimate of drug-likeness (QED) is 0.912. The van der Waals surface area contributed by atoms with Gasteiger partial charge in [0, 0.05) is 30.6 Å². The highest BCUT2D eigenvalue weighted by atomic mass is 16.5. The van der Waals surface area contributed by atoms with Crippen LogP contribution in [0.2, 0.25) is 0 Å². The zero-order valence-corrected chi connectivity index (χ0v) is 10.5. The Labute approximate surface area is 110 Å². The molecule has 1 saturated heterocycles. The van der Waals surface area contributed by atoms with Crippen LogP contribution < -0.4 is 0 Å². The lowest BCUT2D eigenvalue weighted by Gasteiger charge is -2.37. The van der Waals surface area contributed by atoms with Crippen LogP contribution in [-0.2, 0) is 0 Å². The van der Waals surface area contributed by atoms with Crippen molar-refractivity contribution in [1.29, 1.82) is 0 Å². The molecule has 5 nitrogen and oxygen atoms in total. The molecule has 0 saturated carbocycles. The number of likely N-dealkylation sites (N-methyl/N-ethyl adjacent to an activating group) is 1. The van der Waals surface area contributed by atoms with E-state index in [-0.39, 0.29) is 5.69 Å². The van der Waals surface area contributed by atoms with E-state index in [2.05, 4.69) is 23.2 Å². The number of benzene rings is 1. The normalized spacial score (nSPS) is 16.3. The summed E-state index contributed by atoms with van der Waals surface area (Å²) in [5, 5.41) is 12.5. The molecule has 2 heterocycles. The minimum absolute atomic E-state index is 0.0597. The summed E-state index contributed by atoms with van der Waals surface area (Å²) in [6.07, 6.45) is 0. The van der Waals surface area contributed by atoms with Crippen molar-refractivity contribution in [2.24, 2.45) is 0 Å². The van der Waals surface area contributed by atoms with Gasteiger partial charge in [0.05, 0.1) is 0 Å². The zero-order chi connectivity index (χ0) is 13.4. The molecule has 0 amide bonds. The molecular formula is C14H14N2O3. The lowest BCUT2D eigenvalue weighted by molar-refractivity contribution is 0.0686. The summed E-state index contributed by atoms with van der Waals surface area (Å²) in [4.78, 5) is 13.1. The van der Waals surface area contributed by atoms with Crippen LogP contribution in [0.25, 0.3) is 11.3 Å². The van der Waals surface area contributed by atoms with Gasteiger partial charge in [-0.15, -0.1) is 0 Å².